The van der Waals surface area contributed by atoms with Crippen LogP contribution in [0.2, 0.25) is 0 Å². The van der Waals surface area contributed by atoms with Crippen LogP contribution in [0.3, 0.4) is 0 Å². The summed E-state index contributed by atoms with van der Waals surface area (Å²) in [6, 6.07) is 5.11. The summed E-state index contributed by atoms with van der Waals surface area (Å²) in [6.07, 6.45) is 5.14. The molecular formula is C21H30N4O4. The molecule has 1 aromatic carbocycles. The Balaban J connectivity index is 1.21. The lowest BCUT2D eigenvalue weighted by atomic mass is 10.1. The quantitative estimate of drug-likeness (QED) is 0.709. The molecule has 158 valence electrons. The first kappa shape index (κ1) is 19.8. The predicted octanol–water partition coefficient (Wildman–Crippen LogP) is 1.74. The molecule has 0 unspecified atom stereocenters. The molecule has 3 aliphatic rings. The average Bonchev–Trinajstić information content (AvgIpc) is 3.11. The van der Waals surface area contributed by atoms with E-state index >= 15 is 0 Å². The van der Waals surface area contributed by atoms with E-state index in [0.717, 1.165) is 18.7 Å². The maximum absolute atomic E-state index is 12.4. The molecule has 8 nitrogen and oxygen atoms in total. The zero-order valence-corrected chi connectivity index (χ0v) is 16.8. The summed E-state index contributed by atoms with van der Waals surface area (Å²) >= 11 is 0. The second-order valence-corrected chi connectivity index (χ2v) is 7.89. The van der Waals surface area contributed by atoms with Crippen LogP contribution in [0.1, 0.15) is 32.1 Å². The highest BCUT2D eigenvalue weighted by molar-refractivity contribution is 5.97. The van der Waals surface area contributed by atoms with E-state index in [-0.39, 0.29) is 18.0 Å². The average molecular weight is 402 g/mol. The monoisotopic (exact) mass is 402 g/mol. The van der Waals surface area contributed by atoms with Gasteiger partial charge in [-0.25, -0.2) is 4.79 Å². The van der Waals surface area contributed by atoms with Crippen LogP contribution in [0.5, 0.6) is 11.5 Å². The summed E-state index contributed by atoms with van der Waals surface area (Å²) in [4.78, 5) is 28.8. The number of anilines is 1. The van der Waals surface area contributed by atoms with Gasteiger partial charge in [0.05, 0.1) is 6.04 Å². The Labute approximate surface area is 171 Å². The van der Waals surface area contributed by atoms with Crippen molar-refractivity contribution in [1.29, 1.82) is 0 Å². The molecule has 0 spiro atoms. The molecule has 8 heteroatoms. The lowest BCUT2D eigenvalue weighted by molar-refractivity contribution is -0.117. The van der Waals surface area contributed by atoms with Gasteiger partial charge in [0.2, 0.25) is 5.91 Å². The SMILES string of the molecule is O=C(NCCCN1CCCCC1)N[C@@H]1CC(=O)N(c2ccc3c(c2)OCCO3)C1. The Morgan fingerprint density at radius 2 is 1.90 bits per heavy atom. The van der Waals surface area contributed by atoms with Crippen LogP contribution >= 0.6 is 0 Å². The minimum Gasteiger partial charge on any atom is -0.486 e. The van der Waals surface area contributed by atoms with Gasteiger partial charge in [0.25, 0.3) is 0 Å². The smallest absolute Gasteiger partial charge is 0.315 e. The van der Waals surface area contributed by atoms with Crippen molar-refractivity contribution < 1.29 is 19.1 Å². The Hall–Kier alpha value is -2.48. The lowest BCUT2D eigenvalue weighted by Gasteiger charge is -2.26. The normalized spacial score (nSPS) is 21.9. The van der Waals surface area contributed by atoms with E-state index in [1.54, 1.807) is 4.90 Å². The number of benzene rings is 1. The third kappa shape index (κ3) is 5.12. The van der Waals surface area contributed by atoms with E-state index in [4.69, 9.17) is 9.47 Å². The number of carbonyl (C=O) groups is 2. The van der Waals surface area contributed by atoms with E-state index in [0.29, 0.717) is 44.2 Å². The molecule has 3 amide bonds. The summed E-state index contributed by atoms with van der Waals surface area (Å²) in [5.41, 5.74) is 0.769. The number of nitrogens with one attached hydrogen (secondary N) is 2. The number of nitrogens with zero attached hydrogens (tertiary/aromatic N) is 2. The van der Waals surface area contributed by atoms with Gasteiger partial charge in [-0.1, -0.05) is 6.42 Å². The van der Waals surface area contributed by atoms with Gasteiger partial charge in [0.15, 0.2) is 11.5 Å². The molecule has 0 aromatic heterocycles. The van der Waals surface area contributed by atoms with Crippen molar-refractivity contribution in [1.82, 2.24) is 15.5 Å². The van der Waals surface area contributed by atoms with Crippen molar-refractivity contribution in [2.75, 3.05) is 50.8 Å². The van der Waals surface area contributed by atoms with Crippen LogP contribution in [-0.2, 0) is 4.79 Å². The van der Waals surface area contributed by atoms with Crippen LogP contribution in [0.4, 0.5) is 10.5 Å². The van der Waals surface area contributed by atoms with E-state index < -0.39 is 0 Å². The van der Waals surface area contributed by atoms with Gasteiger partial charge in [-0.15, -0.1) is 0 Å². The van der Waals surface area contributed by atoms with Crippen molar-refractivity contribution in [2.24, 2.45) is 0 Å². The Morgan fingerprint density at radius 1 is 1.10 bits per heavy atom. The maximum Gasteiger partial charge on any atom is 0.315 e. The number of rotatable bonds is 6. The molecule has 0 aliphatic carbocycles. The van der Waals surface area contributed by atoms with Crippen LogP contribution < -0.4 is 25.0 Å². The largest absolute Gasteiger partial charge is 0.486 e. The number of ether oxygens (including phenoxy) is 2. The van der Waals surface area contributed by atoms with Gasteiger partial charge in [0.1, 0.15) is 13.2 Å². The summed E-state index contributed by atoms with van der Waals surface area (Å²) in [5.74, 6) is 1.35. The molecular weight excluding hydrogens is 372 g/mol. The summed E-state index contributed by atoms with van der Waals surface area (Å²) in [7, 11) is 0. The van der Waals surface area contributed by atoms with E-state index in [1.165, 1.54) is 32.4 Å². The fourth-order valence-electron chi connectivity index (χ4n) is 4.18. The third-order valence-corrected chi connectivity index (χ3v) is 5.68. The van der Waals surface area contributed by atoms with E-state index in [2.05, 4.69) is 15.5 Å². The Bertz CT molecular complexity index is 735. The van der Waals surface area contributed by atoms with Crippen molar-refractivity contribution in [3.8, 4) is 11.5 Å². The number of urea groups is 1. The van der Waals surface area contributed by atoms with Gasteiger partial charge >= 0.3 is 6.03 Å². The molecule has 0 saturated carbocycles. The highest BCUT2D eigenvalue weighted by Crippen LogP contribution is 2.35. The molecule has 2 saturated heterocycles. The highest BCUT2D eigenvalue weighted by atomic mass is 16.6. The van der Waals surface area contributed by atoms with Crippen LogP contribution in [0, 0.1) is 0 Å². The minimum absolute atomic E-state index is 0.00271. The van der Waals surface area contributed by atoms with Crippen LogP contribution in [-0.4, -0.2) is 68.8 Å². The number of fused-ring (bicyclic) bond motifs is 1. The number of amides is 3. The number of likely N-dealkylation sites (tertiary alicyclic amines) is 1. The van der Waals surface area contributed by atoms with E-state index in [9.17, 15) is 9.59 Å². The number of hydrogen-bond donors (Lipinski definition) is 2. The van der Waals surface area contributed by atoms with Crippen molar-refractivity contribution in [3.63, 3.8) is 0 Å². The fourth-order valence-corrected chi connectivity index (χ4v) is 4.18. The minimum atomic E-state index is -0.203. The second kappa shape index (κ2) is 9.35. The first-order valence-electron chi connectivity index (χ1n) is 10.7. The van der Waals surface area contributed by atoms with E-state index in [1.807, 2.05) is 18.2 Å². The zero-order valence-electron chi connectivity index (χ0n) is 16.8. The van der Waals surface area contributed by atoms with Gasteiger partial charge in [-0.05, 0) is 51.0 Å². The number of piperidine rings is 1. The first-order chi connectivity index (χ1) is 14.2. The topological polar surface area (TPSA) is 83.1 Å². The molecule has 4 rings (SSSR count). The van der Waals surface area contributed by atoms with Crippen molar-refractivity contribution in [2.45, 2.75) is 38.1 Å². The number of carbonyl (C=O) groups excluding carboxylic acids is 2. The lowest BCUT2D eigenvalue weighted by Crippen LogP contribution is -2.44. The van der Waals surface area contributed by atoms with Crippen molar-refractivity contribution in [3.05, 3.63) is 18.2 Å². The first-order valence-corrected chi connectivity index (χ1v) is 10.7. The predicted molar refractivity (Wildman–Crippen MR) is 110 cm³/mol. The zero-order chi connectivity index (χ0) is 20.1. The fraction of sp³-hybridized carbons (Fsp3) is 0.619. The summed E-state index contributed by atoms with van der Waals surface area (Å²) in [6.45, 7) is 5.52. The second-order valence-electron chi connectivity index (χ2n) is 7.89. The molecule has 2 N–H and O–H groups in total. The Kier molecular flexibility index (Phi) is 6.39. The van der Waals surface area contributed by atoms with Gasteiger partial charge in [-0.3, -0.25) is 4.79 Å². The molecule has 2 fully saturated rings. The highest BCUT2D eigenvalue weighted by Gasteiger charge is 2.32. The molecule has 1 aromatic rings. The van der Waals surface area contributed by atoms with Gasteiger partial charge in [0, 0.05) is 31.3 Å². The van der Waals surface area contributed by atoms with Crippen LogP contribution in [0.25, 0.3) is 0 Å². The van der Waals surface area contributed by atoms with Gasteiger partial charge in [-0.2, -0.15) is 0 Å². The van der Waals surface area contributed by atoms with Gasteiger partial charge < -0.3 is 29.9 Å². The maximum atomic E-state index is 12.4. The van der Waals surface area contributed by atoms with Crippen LogP contribution in [0.15, 0.2) is 18.2 Å². The number of hydrogen-bond acceptors (Lipinski definition) is 5. The molecule has 1 atom stereocenters. The summed E-state index contributed by atoms with van der Waals surface area (Å²) < 4.78 is 11.1. The Morgan fingerprint density at radius 3 is 2.72 bits per heavy atom. The standard InChI is InChI=1S/C21H30N4O4/c26-20-13-16(23-21(27)22-7-4-10-24-8-2-1-3-9-24)15-25(20)17-5-6-18-19(14-17)29-12-11-28-18/h5-6,14,16H,1-4,7-13,15H2,(H2,22,23,27)/t16-/m1/s1. The molecule has 0 radical (unpaired) electrons. The van der Waals surface area contributed by atoms with Crippen molar-refractivity contribution >= 4 is 17.6 Å². The summed E-state index contributed by atoms with van der Waals surface area (Å²) in [5, 5.41) is 5.84. The molecule has 0 bridgehead atoms. The third-order valence-electron chi connectivity index (χ3n) is 5.68. The molecule has 3 heterocycles. The molecule has 3 aliphatic heterocycles. The molecule has 29 heavy (non-hydrogen) atoms.